The van der Waals surface area contributed by atoms with Crippen LogP contribution in [0.3, 0.4) is 0 Å². The van der Waals surface area contributed by atoms with Gasteiger partial charge in [-0.25, -0.2) is 0 Å². The van der Waals surface area contributed by atoms with Crippen molar-refractivity contribution < 1.29 is 19.4 Å². The Labute approximate surface area is 173 Å². The third-order valence-electron chi connectivity index (χ3n) is 8.12. The lowest BCUT2D eigenvalue weighted by Gasteiger charge is -2.57. The van der Waals surface area contributed by atoms with Crippen LogP contribution in [0, 0.1) is 11.8 Å². The van der Waals surface area contributed by atoms with Crippen LogP contribution in [-0.2, 0) is 16.6 Å². The van der Waals surface area contributed by atoms with Gasteiger partial charge in [-0.15, -0.1) is 0 Å². The Balaban J connectivity index is 1.60. The van der Waals surface area contributed by atoms with Crippen molar-refractivity contribution in [2.75, 3.05) is 19.7 Å². The SMILES string of the molecule is CCCN1CC[C@]23c4c5ccc(OC(C)C(C)CO)c4OC2C(=O)CC[C@H]3[C@H]1C5. The lowest BCUT2D eigenvalue weighted by molar-refractivity contribution is -0.138. The predicted octanol–water partition coefficient (Wildman–Crippen LogP) is 3.10. The van der Waals surface area contributed by atoms with Gasteiger partial charge in [0, 0.05) is 36.0 Å². The molecule has 29 heavy (non-hydrogen) atoms. The van der Waals surface area contributed by atoms with Gasteiger partial charge in [-0.2, -0.15) is 0 Å². The summed E-state index contributed by atoms with van der Waals surface area (Å²) in [5.41, 5.74) is 2.45. The number of aliphatic hydroxyl groups excluding tert-OH is 1. The summed E-state index contributed by atoms with van der Waals surface area (Å²) >= 11 is 0. The number of carbonyl (C=O) groups is 1. The number of benzene rings is 1. The molecule has 1 aromatic rings. The first-order chi connectivity index (χ1) is 14.0. The average Bonchev–Trinajstić information content (AvgIpc) is 3.07. The third kappa shape index (κ3) is 2.63. The molecule has 2 bridgehead atoms. The van der Waals surface area contributed by atoms with Gasteiger partial charge >= 0.3 is 0 Å². The van der Waals surface area contributed by atoms with Crippen LogP contribution in [0.2, 0.25) is 0 Å². The van der Waals surface area contributed by atoms with Crippen LogP contribution in [0.15, 0.2) is 12.1 Å². The van der Waals surface area contributed by atoms with Crippen LogP contribution in [-0.4, -0.2) is 53.7 Å². The van der Waals surface area contributed by atoms with Gasteiger partial charge in [-0.3, -0.25) is 9.69 Å². The van der Waals surface area contributed by atoms with Crippen molar-refractivity contribution in [3.8, 4) is 11.5 Å². The zero-order valence-corrected chi connectivity index (χ0v) is 17.8. The number of hydrogen-bond acceptors (Lipinski definition) is 5. The molecule has 1 saturated heterocycles. The van der Waals surface area contributed by atoms with Gasteiger partial charge in [-0.1, -0.05) is 19.9 Å². The highest BCUT2D eigenvalue weighted by molar-refractivity contribution is 5.89. The standard InChI is InChI=1S/C24H33NO4/c1-4-10-25-11-9-24-17-6-7-19(27)23(24)29-22-20(28-15(3)14(2)13-26)8-5-16(21(22)24)12-18(17)25/h5,8,14-15,17-18,23,26H,4,6-7,9-13H2,1-3H3/t14?,15?,17-,18+,23?,24-/m0/s1. The van der Waals surface area contributed by atoms with Gasteiger partial charge in [0.05, 0.1) is 0 Å². The summed E-state index contributed by atoms with van der Waals surface area (Å²) in [6.07, 6.45) is 4.35. The van der Waals surface area contributed by atoms with E-state index in [0.29, 0.717) is 18.4 Å². The Morgan fingerprint density at radius 1 is 1.38 bits per heavy atom. The van der Waals surface area contributed by atoms with Crippen LogP contribution in [0.25, 0.3) is 0 Å². The molecule has 3 unspecified atom stereocenters. The molecule has 5 rings (SSSR count). The summed E-state index contributed by atoms with van der Waals surface area (Å²) in [6, 6.07) is 4.74. The maximum atomic E-state index is 13.0. The second-order valence-electron chi connectivity index (χ2n) is 9.62. The summed E-state index contributed by atoms with van der Waals surface area (Å²) in [5, 5.41) is 9.49. The van der Waals surface area contributed by atoms with Crippen molar-refractivity contribution in [3.63, 3.8) is 0 Å². The van der Waals surface area contributed by atoms with E-state index in [0.717, 1.165) is 43.9 Å². The lowest BCUT2D eigenvalue weighted by Crippen LogP contribution is -2.66. The second kappa shape index (κ2) is 6.98. The molecule has 158 valence electrons. The molecule has 2 aliphatic carbocycles. The molecule has 0 amide bonds. The van der Waals surface area contributed by atoms with Crippen molar-refractivity contribution in [2.24, 2.45) is 11.8 Å². The van der Waals surface area contributed by atoms with Crippen molar-refractivity contribution in [1.82, 2.24) is 4.90 Å². The highest BCUT2D eigenvalue weighted by Gasteiger charge is 2.65. The lowest BCUT2D eigenvalue weighted by atomic mass is 9.51. The van der Waals surface area contributed by atoms with Crippen molar-refractivity contribution in [2.45, 2.75) is 76.5 Å². The molecule has 2 heterocycles. The highest BCUT2D eigenvalue weighted by Crippen LogP contribution is 2.63. The third-order valence-corrected chi connectivity index (χ3v) is 8.12. The predicted molar refractivity (Wildman–Crippen MR) is 111 cm³/mol. The van der Waals surface area contributed by atoms with Crippen LogP contribution >= 0.6 is 0 Å². The number of hydrogen-bond donors (Lipinski definition) is 1. The topological polar surface area (TPSA) is 59.0 Å². The van der Waals surface area contributed by atoms with E-state index in [1.165, 1.54) is 17.5 Å². The van der Waals surface area contributed by atoms with Crippen molar-refractivity contribution in [3.05, 3.63) is 23.3 Å². The molecule has 0 aromatic heterocycles. The summed E-state index contributed by atoms with van der Waals surface area (Å²) < 4.78 is 12.7. The van der Waals surface area contributed by atoms with Crippen LogP contribution < -0.4 is 9.47 Å². The average molecular weight is 400 g/mol. The molecule has 2 fully saturated rings. The zero-order valence-electron chi connectivity index (χ0n) is 17.8. The Morgan fingerprint density at radius 3 is 2.97 bits per heavy atom. The molecule has 5 nitrogen and oxygen atoms in total. The number of carbonyl (C=O) groups excluding carboxylic acids is 1. The summed E-state index contributed by atoms with van der Waals surface area (Å²) in [6.45, 7) is 8.49. The number of ketones is 1. The van der Waals surface area contributed by atoms with Crippen LogP contribution in [0.4, 0.5) is 0 Å². The fraction of sp³-hybridized carbons (Fsp3) is 0.708. The first-order valence-corrected chi connectivity index (χ1v) is 11.4. The molecule has 6 atom stereocenters. The minimum Gasteiger partial charge on any atom is -0.486 e. The summed E-state index contributed by atoms with van der Waals surface area (Å²) in [7, 11) is 0. The van der Waals surface area contributed by atoms with E-state index in [1.807, 2.05) is 19.9 Å². The molecule has 1 N–H and O–H groups in total. The van der Waals surface area contributed by atoms with E-state index in [9.17, 15) is 9.90 Å². The number of rotatable bonds is 6. The molecule has 5 heteroatoms. The first-order valence-electron chi connectivity index (χ1n) is 11.4. The molecular weight excluding hydrogens is 366 g/mol. The Hall–Kier alpha value is -1.59. The molecule has 1 spiro atoms. The Morgan fingerprint density at radius 2 is 2.21 bits per heavy atom. The second-order valence-corrected chi connectivity index (χ2v) is 9.62. The molecule has 2 aliphatic heterocycles. The number of Topliss-reactive ketones (excluding diaryl/α,β-unsaturated/α-hetero) is 1. The summed E-state index contributed by atoms with van der Waals surface area (Å²) in [5.74, 6) is 2.34. The maximum Gasteiger partial charge on any atom is 0.174 e. The minimum absolute atomic E-state index is 0.0381. The molecule has 0 radical (unpaired) electrons. The molecule has 1 aromatic carbocycles. The monoisotopic (exact) mass is 399 g/mol. The van der Waals surface area contributed by atoms with Crippen LogP contribution in [0.5, 0.6) is 11.5 Å². The van der Waals surface area contributed by atoms with Gasteiger partial charge in [0.2, 0.25) is 0 Å². The van der Waals surface area contributed by atoms with Crippen LogP contribution in [0.1, 0.15) is 57.6 Å². The molecule has 4 aliphatic rings. The van der Waals surface area contributed by atoms with E-state index < -0.39 is 0 Å². The fourth-order valence-electron chi connectivity index (χ4n) is 6.52. The minimum atomic E-state index is -0.350. The number of aliphatic hydroxyl groups is 1. The van der Waals surface area contributed by atoms with Gasteiger partial charge < -0.3 is 14.6 Å². The van der Waals surface area contributed by atoms with Crippen molar-refractivity contribution in [1.29, 1.82) is 0 Å². The van der Waals surface area contributed by atoms with E-state index in [-0.39, 0.29) is 35.9 Å². The van der Waals surface area contributed by atoms with Gasteiger partial charge in [0.1, 0.15) is 6.10 Å². The van der Waals surface area contributed by atoms with Crippen molar-refractivity contribution >= 4 is 5.78 Å². The van der Waals surface area contributed by atoms with E-state index in [2.05, 4.69) is 17.9 Å². The largest absolute Gasteiger partial charge is 0.486 e. The quantitative estimate of drug-likeness (QED) is 0.797. The molecular formula is C24H33NO4. The Bertz CT molecular complexity index is 823. The van der Waals surface area contributed by atoms with E-state index in [4.69, 9.17) is 9.47 Å². The zero-order chi connectivity index (χ0) is 20.3. The van der Waals surface area contributed by atoms with E-state index >= 15 is 0 Å². The number of likely N-dealkylation sites (tertiary alicyclic amines) is 1. The maximum absolute atomic E-state index is 13.0. The van der Waals surface area contributed by atoms with Gasteiger partial charge in [0.25, 0.3) is 0 Å². The smallest absolute Gasteiger partial charge is 0.174 e. The van der Waals surface area contributed by atoms with Gasteiger partial charge in [-0.05, 0) is 63.2 Å². The molecule has 1 saturated carbocycles. The number of nitrogens with zero attached hydrogens (tertiary/aromatic N) is 1. The number of ether oxygens (including phenoxy) is 2. The Kier molecular flexibility index (Phi) is 4.67. The fourth-order valence-corrected chi connectivity index (χ4v) is 6.52. The first kappa shape index (κ1) is 19.4. The highest BCUT2D eigenvalue weighted by atomic mass is 16.5. The summed E-state index contributed by atoms with van der Waals surface area (Å²) in [4.78, 5) is 15.7. The normalized spacial score (nSPS) is 34.3. The van der Waals surface area contributed by atoms with Gasteiger partial charge in [0.15, 0.2) is 23.4 Å². The van der Waals surface area contributed by atoms with E-state index in [1.54, 1.807) is 0 Å². The number of piperidine rings is 1.